The molecule has 0 aromatic carbocycles. The van der Waals surface area contributed by atoms with Gasteiger partial charge in [-0.3, -0.25) is 4.79 Å². The van der Waals surface area contributed by atoms with E-state index in [4.69, 9.17) is 16.1 Å². The Morgan fingerprint density at radius 2 is 2.31 bits per heavy atom. The van der Waals surface area contributed by atoms with Gasteiger partial charge >= 0.3 is 5.97 Å². The molecule has 0 saturated heterocycles. The standard InChI is InChI=1S/C9H7F2N3O2/c10-8(11)6-1-4(2-7(15)16)5(3-12)9(13)14-6/h1,8H,2H2,(H2,13,14)(H,15,16). The molecule has 0 fully saturated rings. The van der Waals surface area contributed by atoms with Crippen molar-refractivity contribution in [1.29, 1.82) is 5.26 Å². The molecule has 0 aliphatic rings. The Morgan fingerprint density at radius 3 is 2.75 bits per heavy atom. The topological polar surface area (TPSA) is 100 Å². The number of aromatic nitrogens is 1. The number of carboxylic acids is 1. The van der Waals surface area contributed by atoms with Crippen LogP contribution >= 0.6 is 0 Å². The Morgan fingerprint density at radius 1 is 1.69 bits per heavy atom. The highest BCUT2D eigenvalue weighted by atomic mass is 19.3. The van der Waals surface area contributed by atoms with Gasteiger partial charge in [-0.05, 0) is 11.6 Å². The van der Waals surface area contributed by atoms with Crippen LogP contribution in [0.2, 0.25) is 0 Å². The first-order valence-corrected chi connectivity index (χ1v) is 4.15. The van der Waals surface area contributed by atoms with Crippen LogP contribution in [0.1, 0.15) is 23.2 Å². The van der Waals surface area contributed by atoms with Gasteiger partial charge in [0.15, 0.2) is 0 Å². The number of anilines is 1. The van der Waals surface area contributed by atoms with Crippen LogP contribution in [-0.2, 0) is 11.2 Å². The van der Waals surface area contributed by atoms with E-state index in [-0.39, 0.29) is 16.9 Å². The highest BCUT2D eigenvalue weighted by Crippen LogP contribution is 2.23. The van der Waals surface area contributed by atoms with Gasteiger partial charge in [-0.1, -0.05) is 0 Å². The number of rotatable bonds is 3. The Kier molecular flexibility index (Phi) is 3.35. The Balaban J connectivity index is 3.32. The monoisotopic (exact) mass is 227 g/mol. The molecule has 16 heavy (non-hydrogen) atoms. The van der Waals surface area contributed by atoms with Gasteiger partial charge in [0.1, 0.15) is 17.6 Å². The van der Waals surface area contributed by atoms with E-state index in [1.807, 2.05) is 0 Å². The molecule has 0 atom stereocenters. The van der Waals surface area contributed by atoms with E-state index in [0.717, 1.165) is 6.07 Å². The summed E-state index contributed by atoms with van der Waals surface area (Å²) < 4.78 is 24.7. The molecule has 0 amide bonds. The first-order valence-electron chi connectivity index (χ1n) is 4.15. The molecular weight excluding hydrogens is 220 g/mol. The summed E-state index contributed by atoms with van der Waals surface area (Å²) in [6, 6.07) is 2.52. The SMILES string of the molecule is N#Cc1c(CC(=O)O)cc(C(F)F)nc1N. The van der Waals surface area contributed by atoms with E-state index in [0.29, 0.717) is 0 Å². The van der Waals surface area contributed by atoms with Crippen LogP contribution in [0, 0.1) is 11.3 Å². The molecule has 1 rings (SSSR count). The number of alkyl halides is 2. The van der Waals surface area contributed by atoms with Crippen LogP contribution in [0.3, 0.4) is 0 Å². The zero-order valence-electron chi connectivity index (χ0n) is 7.94. The molecule has 0 aliphatic heterocycles. The second-order valence-electron chi connectivity index (χ2n) is 2.95. The lowest BCUT2D eigenvalue weighted by atomic mass is 10.1. The Bertz CT molecular complexity index is 469. The zero-order chi connectivity index (χ0) is 12.3. The number of hydrogen-bond donors (Lipinski definition) is 2. The molecule has 1 aromatic rings. The molecule has 7 heteroatoms. The van der Waals surface area contributed by atoms with Crippen molar-refractivity contribution in [2.75, 3.05) is 5.73 Å². The highest BCUT2D eigenvalue weighted by molar-refractivity contribution is 5.72. The van der Waals surface area contributed by atoms with Gasteiger partial charge in [0.25, 0.3) is 6.43 Å². The third kappa shape index (κ3) is 2.42. The minimum Gasteiger partial charge on any atom is -0.481 e. The summed E-state index contributed by atoms with van der Waals surface area (Å²) in [6.45, 7) is 0. The Labute approximate surface area is 89.1 Å². The normalized spacial score (nSPS) is 10.1. The summed E-state index contributed by atoms with van der Waals surface area (Å²) in [6.07, 6.45) is -3.41. The van der Waals surface area contributed by atoms with Crippen LogP contribution in [0.5, 0.6) is 0 Å². The number of carbonyl (C=O) groups is 1. The number of aliphatic carboxylic acids is 1. The summed E-state index contributed by atoms with van der Waals surface area (Å²) in [5.74, 6) is -1.61. The zero-order valence-corrected chi connectivity index (χ0v) is 7.94. The van der Waals surface area contributed by atoms with Gasteiger partial charge in [-0.25, -0.2) is 13.8 Å². The number of nitriles is 1. The number of pyridine rings is 1. The fraction of sp³-hybridized carbons (Fsp3) is 0.222. The van der Waals surface area contributed by atoms with Crippen molar-refractivity contribution >= 4 is 11.8 Å². The maximum Gasteiger partial charge on any atom is 0.307 e. The highest BCUT2D eigenvalue weighted by Gasteiger charge is 2.17. The number of carboxylic acid groups (broad SMARTS) is 1. The van der Waals surface area contributed by atoms with Gasteiger partial charge < -0.3 is 10.8 Å². The lowest BCUT2D eigenvalue weighted by molar-refractivity contribution is -0.136. The molecule has 0 spiro atoms. The predicted octanol–water partition coefficient (Wildman–Crippen LogP) is 1.10. The Hall–Kier alpha value is -2.23. The second kappa shape index (κ2) is 4.53. The average molecular weight is 227 g/mol. The number of nitrogens with two attached hydrogens (primary N) is 1. The molecule has 0 unspecified atom stereocenters. The summed E-state index contributed by atoms with van der Waals surface area (Å²) >= 11 is 0. The van der Waals surface area contributed by atoms with Gasteiger partial charge in [-0.15, -0.1) is 0 Å². The number of nitrogen functional groups attached to an aromatic ring is 1. The van der Waals surface area contributed by atoms with Crippen molar-refractivity contribution in [2.45, 2.75) is 12.8 Å². The third-order valence-corrected chi connectivity index (χ3v) is 1.83. The van der Waals surface area contributed by atoms with Crippen molar-refractivity contribution in [2.24, 2.45) is 0 Å². The van der Waals surface area contributed by atoms with E-state index in [9.17, 15) is 13.6 Å². The number of hydrogen-bond acceptors (Lipinski definition) is 4. The largest absolute Gasteiger partial charge is 0.481 e. The molecule has 5 nitrogen and oxygen atoms in total. The lowest BCUT2D eigenvalue weighted by Crippen LogP contribution is -2.08. The van der Waals surface area contributed by atoms with Gasteiger partial charge in [0.05, 0.1) is 12.0 Å². The number of halogens is 2. The van der Waals surface area contributed by atoms with Crippen molar-refractivity contribution in [3.63, 3.8) is 0 Å². The van der Waals surface area contributed by atoms with Crippen molar-refractivity contribution in [3.05, 3.63) is 22.9 Å². The van der Waals surface area contributed by atoms with Crippen molar-refractivity contribution in [3.8, 4) is 6.07 Å². The fourth-order valence-corrected chi connectivity index (χ4v) is 1.19. The third-order valence-electron chi connectivity index (χ3n) is 1.83. The van der Waals surface area contributed by atoms with Gasteiger partial charge in [0.2, 0.25) is 0 Å². The van der Waals surface area contributed by atoms with Crippen LogP contribution < -0.4 is 5.73 Å². The van der Waals surface area contributed by atoms with Gasteiger partial charge in [-0.2, -0.15) is 5.26 Å². The maximum absolute atomic E-state index is 12.4. The average Bonchev–Trinajstić information content (AvgIpc) is 2.16. The summed E-state index contributed by atoms with van der Waals surface area (Å²) in [5, 5.41) is 17.2. The van der Waals surface area contributed by atoms with Crippen LogP contribution in [-0.4, -0.2) is 16.1 Å². The molecular formula is C9H7F2N3O2. The summed E-state index contributed by atoms with van der Waals surface area (Å²) in [7, 11) is 0. The van der Waals surface area contributed by atoms with Crippen LogP contribution in [0.4, 0.5) is 14.6 Å². The maximum atomic E-state index is 12.4. The van der Waals surface area contributed by atoms with E-state index < -0.39 is 24.5 Å². The second-order valence-corrected chi connectivity index (χ2v) is 2.95. The lowest BCUT2D eigenvalue weighted by Gasteiger charge is -2.07. The van der Waals surface area contributed by atoms with Gasteiger partial charge in [0, 0.05) is 0 Å². The van der Waals surface area contributed by atoms with E-state index >= 15 is 0 Å². The molecule has 0 radical (unpaired) electrons. The molecule has 84 valence electrons. The van der Waals surface area contributed by atoms with E-state index in [1.165, 1.54) is 0 Å². The summed E-state index contributed by atoms with van der Waals surface area (Å²) in [5.41, 5.74) is 4.42. The smallest absolute Gasteiger partial charge is 0.307 e. The van der Waals surface area contributed by atoms with Crippen molar-refractivity contribution in [1.82, 2.24) is 4.98 Å². The first-order chi connectivity index (χ1) is 7.45. The van der Waals surface area contributed by atoms with Crippen LogP contribution in [0.25, 0.3) is 0 Å². The number of nitrogens with zero attached hydrogens (tertiary/aromatic N) is 2. The van der Waals surface area contributed by atoms with Crippen LogP contribution in [0.15, 0.2) is 6.07 Å². The molecule has 1 heterocycles. The van der Waals surface area contributed by atoms with E-state index in [2.05, 4.69) is 4.98 Å². The molecule has 1 aromatic heterocycles. The predicted molar refractivity (Wildman–Crippen MR) is 49.7 cm³/mol. The van der Waals surface area contributed by atoms with Crippen molar-refractivity contribution < 1.29 is 18.7 Å². The summed E-state index contributed by atoms with van der Waals surface area (Å²) in [4.78, 5) is 13.8. The quantitative estimate of drug-likeness (QED) is 0.805. The minimum atomic E-state index is -2.86. The van der Waals surface area contributed by atoms with E-state index in [1.54, 1.807) is 6.07 Å². The molecule has 0 aliphatic carbocycles. The first kappa shape index (κ1) is 11.8. The molecule has 3 N–H and O–H groups in total. The minimum absolute atomic E-state index is 0.0576. The molecule has 0 saturated carbocycles. The fourth-order valence-electron chi connectivity index (χ4n) is 1.19. The molecule has 0 bridgehead atoms.